The first-order valence-corrected chi connectivity index (χ1v) is 8.45. The van der Waals surface area contributed by atoms with Crippen LogP contribution in [0.2, 0.25) is 0 Å². The highest BCUT2D eigenvalue weighted by molar-refractivity contribution is 5.81. The van der Waals surface area contributed by atoms with Crippen molar-refractivity contribution in [3.8, 4) is 11.5 Å². The molecule has 0 spiro atoms. The Labute approximate surface area is 147 Å². The molecule has 1 heterocycles. The third-order valence-electron chi connectivity index (χ3n) is 4.61. The van der Waals surface area contributed by atoms with E-state index in [-0.39, 0.29) is 12.5 Å². The Bertz CT molecular complexity index is 713. The smallest absolute Gasteiger partial charge is 0.264 e. The predicted octanol–water partition coefficient (Wildman–Crippen LogP) is 2.89. The molecule has 5 nitrogen and oxygen atoms in total. The number of nitrogens with one attached hydrogen (secondary N) is 1. The van der Waals surface area contributed by atoms with Crippen LogP contribution in [0.25, 0.3) is 0 Å². The molecule has 2 atom stereocenters. The van der Waals surface area contributed by atoms with E-state index in [9.17, 15) is 4.79 Å². The van der Waals surface area contributed by atoms with Crippen LogP contribution < -0.4 is 14.8 Å². The van der Waals surface area contributed by atoms with E-state index in [0.717, 1.165) is 12.0 Å². The maximum Gasteiger partial charge on any atom is 0.264 e. The Balaban J connectivity index is 1.67. The fraction of sp³-hybridized carbons (Fsp3) is 0.350. The minimum Gasteiger partial charge on any atom is -0.485 e. The summed E-state index contributed by atoms with van der Waals surface area (Å²) in [4.78, 5) is 12.5. The monoisotopic (exact) mass is 341 g/mol. The lowest BCUT2D eigenvalue weighted by molar-refractivity contribution is -0.132. The maximum absolute atomic E-state index is 12.5. The van der Waals surface area contributed by atoms with Gasteiger partial charge in [0.05, 0.1) is 6.54 Å². The normalized spacial score (nSPS) is 18.2. The molecule has 0 aliphatic carbocycles. The average molecular weight is 341 g/mol. The highest BCUT2D eigenvalue weighted by Crippen LogP contribution is 2.31. The first kappa shape index (κ1) is 17.3. The lowest BCUT2D eigenvalue weighted by atomic mass is 9.90. The zero-order chi connectivity index (χ0) is 17.7. The Morgan fingerprint density at radius 3 is 2.52 bits per heavy atom. The van der Waals surface area contributed by atoms with Crippen LogP contribution in [0.3, 0.4) is 0 Å². The van der Waals surface area contributed by atoms with Crippen LogP contribution in [-0.2, 0) is 15.1 Å². The van der Waals surface area contributed by atoms with E-state index in [1.165, 1.54) is 0 Å². The summed E-state index contributed by atoms with van der Waals surface area (Å²) >= 11 is 0. The Kier molecular flexibility index (Phi) is 5.24. The molecule has 1 amide bonds. The largest absolute Gasteiger partial charge is 0.485 e. The summed E-state index contributed by atoms with van der Waals surface area (Å²) < 4.78 is 17.1. The van der Waals surface area contributed by atoms with Crippen molar-refractivity contribution in [3.63, 3.8) is 0 Å². The van der Waals surface area contributed by atoms with Crippen molar-refractivity contribution in [1.82, 2.24) is 5.32 Å². The molecule has 0 fully saturated rings. The molecule has 2 aromatic carbocycles. The molecule has 0 saturated heterocycles. The SMILES string of the molecule is CC[C@@](CNC(=O)[C@H]1COc2ccccc2O1)(OC)c1ccccc1. The molecule has 2 aromatic rings. The van der Waals surface area contributed by atoms with Gasteiger partial charge in [-0.05, 0) is 24.1 Å². The lowest BCUT2D eigenvalue weighted by Crippen LogP contribution is -2.49. The Morgan fingerprint density at radius 2 is 1.84 bits per heavy atom. The van der Waals surface area contributed by atoms with Crippen LogP contribution in [-0.4, -0.2) is 32.3 Å². The van der Waals surface area contributed by atoms with Gasteiger partial charge in [-0.3, -0.25) is 4.79 Å². The Morgan fingerprint density at radius 1 is 1.16 bits per heavy atom. The molecule has 1 N–H and O–H groups in total. The second kappa shape index (κ2) is 7.57. The number of para-hydroxylation sites is 2. The summed E-state index contributed by atoms with van der Waals surface area (Å²) in [6.45, 7) is 2.60. The van der Waals surface area contributed by atoms with Crippen molar-refractivity contribution in [1.29, 1.82) is 0 Å². The van der Waals surface area contributed by atoms with E-state index >= 15 is 0 Å². The van der Waals surface area contributed by atoms with Gasteiger partial charge in [-0.15, -0.1) is 0 Å². The Hall–Kier alpha value is -2.53. The molecule has 3 rings (SSSR count). The molecule has 25 heavy (non-hydrogen) atoms. The van der Waals surface area contributed by atoms with E-state index < -0.39 is 11.7 Å². The molecule has 0 unspecified atom stereocenters. The van der Waals surface area contributed by atoms with Crippen LogP contribution in [0.4, 0.5) is 0 Å². The van der Waals surface area contributed by atoms with E-state index in [1.54, 1.807) is 13.2 Å². The maximum atomic E-state index is 12.5. The molecule has 1 aliphatic rings. The molecular weight excluding hydrogens is 318 g/mol. The van der Waals surface area contributed by atoms with Gasteiger partial charge in [-0.2, -0.15) is 0 Å². The summed E-state index contributed by atoms with van der Waals surface area (Å²) in [5.41, 5.74) is 0.469. The number of fused-ring (bicyclic) bond motifs is 1. The van der Waals surface area contributed by atoms with Crippen LogP contribution in [0.15, 0.2) is 54.6 Å². The summed E-state index contributed by atoms with van der Waals surface area (Å²) in [7, 11) is 1.67. The number of amides is 1. The van der Waals surface area contributed by atoms with Crippen molar-refractivity contribution in [2.45, 2.75) is 25.0 Å². The fourth-order valence-electron chi connectivity index (χ4n) is 3.00. The van der Waals surface area contributed by atoms with Gasteiger partial charge in [0.2, 0.25) is 6.10 Å². The van der Waals surface area contributed by atoms with Crippen molar-refractivity contribution >= 4 is 5.91 Å². The molecule has 0 radical (unpaired) electrons. The van der Waals surface area contributed by atoms with Crippen LogP contribution in [0.1, 0.15) is 18.9 Å². The zero-order valence-corrected chi connectivity index (χ0v) is 14.5. The number of carbonyl (C=O) groups excluding carboxylic acids is 1. The third kappa shape index (κ3) is 3.61. The van der Waals surface area contributed by atoms with Gasteiger partial charge in [0, 0.05) is 7.11 Å². The highest BCUT2D eigenvalue weighted by Gasteiger charge is 2.33. The third-order valence-corrected chi connectivity index (χ3v) is 4.61. The van der Waals surface area contributed by atoms with E-state index in [0.29, 0.717) is 18.0 Å². The van der Waals surface area contributed by atoms with E-state index in [4.69, 9.17) is 14.2 Å². The minimum atomic E-state index is -0.669. The number of carbonyl (C=O) groups is 1. The number of hydrogen-bond donors (Lipinski definition) is 1. The summed E-state index contributed by atoms with van der Waals surface area (Å²) in [6, 6.07) is 17.3. The second-order valence-electron chi connectivity index (χ2n) is 6.00. The topological polar surface area (TPSA) is 56.8 Å². The van der Waals surface area contributed by atoms with Gasteiger partial charge < -0.3 is 19.5 Å². The minimum absolute atomic E-state index is 0.195. The lowest BCUT2D eigenvalue weighted by Gasteiger charge is -2.33. The standard InChI is InChI=1S/C20H23NO4/c1-3-20(23-2,15-9-5-4-6-10-15)14-21-19(22)18-13-24-16-11-7-8-12-17(16)25-18/h4-12,18H,3,13-14H2,1-2H3,(H,21,22)/t18-,20+/m1/s1. The molecule has 5 heteroatoms. The van der Waals surface area contributed by atoms with Crippen molar-refractivity contribution < 1.29 is 19.0 Å². The average Bonchev–Trinajstić information content (AvgIpc) is 2.69. The molecule has 132 valence electrons. The number of rotatable bonds is 6. The number of benzene rings is 2. The zero-order valence-electron chi connectivity index (χ0n) is 14.5. The van der Waals surface area contributed by atoms with Crippen LogP contribution in [0.5, 0.6) is 11.5 Å². The van der Waals surface area contributed by atoms with E-state index in [2.05, 4.69) is 5.32 Å². The number of hydrogen-bond acceptors (Lipinski definition) is 4. The van der Waals surface area contributed by atoms with Crippen molar-refractivity contribution in [2.24, 2.45) is 0 Å². The summed E-state index contributed by atoms with van der Waals surface area (Å²) in [5.74, 6) is 1.04. The molecule has 0 saturated carbocycles. The second-order valence-corrected chi connectivity index (χ2v) is 6.00. The molecular formula is C20H23NO4. The molecule has 0 aromatic heterocycles. The van der Waals surface area contributed by atoms with Crippen molar-refractivity contribution in [3.05, 3.63) is 60.2 Å². The van der Waals surface area contributed by atoms with Gasteiger partial charge >= 0.3 is 0 Å². The molecule has 1 aliphatic heterocycles. The van der Waals surface area contributed by atoms with Gasteiger partial charge in [-0.1, -0.05) is 49.4 Å². The summed E-state index contributed by atoms with van der Waals surface area (Å²) in [5, 5.41) is 2.96. The quantitative estimate of drug-likeness (QED) is 0.878. The summed E-state index contributed by atoms with van der Waals surface area (Å²) in [6.07, 6.45) is 0.0654. The fourth-order valence-corrected chi connectivity index (χ4v) is 3.00. The van der Waals surface area contributed by atoms with E-state index in [1.807, 2.05) is 55.5 Å². The first-order valence-electron chi connectivity index (χ1n) is 8.45. The van der Waals surface area contributed by atoms with Gasteiger partial charge in [-0.25, -0.2) is 0 Å². The first-order chi connectivity index (χ1) is 12.2. The van der Waals surface area contributed by atoms with Gasteiger partial charge in [0.25, 0.3) is 5.91 Å². The number of ether oxygens (including phenoxy) is 3. The van der Waals surface area contributed by atoms with Crippen LogP contribution in [0, 0.1) is 0 Å². The molecule has 0 bridgehead atoms. The van der Waals surface area contributed by atoms with Crippen molar-refractivity contribution in [2.75, 3.05) is 20.3 Å². The van der Waals surface area contributed by atoms with Gasteiger partial charge in [0.1, 0.15) is 12.2 Å². The van der Waals surface area contributed by atoms with Gasteiger partial charge in [0.15, 0.2) is 11.5 Å². The highest BCUT2D eigenvalue weighted by atomic mass is 16.6. The number of methoxy groups -OCH3 is 1. The van der Waals surface area contributed by atoms with Crippen LogP contribution >= 0.6 is 0 Å². The predicted molar refractivity (Wildman–Crippen MR) is 94.8 cm³/mol.